The van der Waals surface area contributed by atoms with Gasteiger partial charge in [0.15, 0.2) is 0 Å². The zero-order valence-corrected chi connectivity index (χ0v) is 14.5. The van der Waals surface area contributed by atoms with E-state index in [-0.39, 0.29) is 66.7 Å². The summed E-state index contributed by atoms with van der Waals surface area (Å²) in [5, 5.41) is 28.7. The Labute approximate surface area is 150 Å². The van der Waals surface area contributed by atoms with Crippen molar-refractivity contribution in [2.24, 2.45) is 0 Å². The number of hydrogen-bond donors (Lipinski definition) is 3. The number of benzene rings is 2. The smallest absolute Gasteiger partial charge is 0.120 e. The minimum absolute atomic E-state index is 0. The predicted molar refractivity (Wildman–Crippen MR) is 76.5 cm³/mol. The van der Waals surface area contributed by atoms with E-state index in [9.17, 15) is 20.1 Å². The largest absolute Gasteiger partial charge is 0.520 e. The molecule has 3 rings (SSSR count). The van der Waals surface area contributed by atoms with Gasteiger partial charge in [0.1, 0.15) is 11.5 Å². The summed E-state index contributed by atoms with van der Waals surface area (Å²) in [6.45, 7) is 1.72. The Balaban J connectivity index is 0.00000176. The topological polar surface area (TPSA) is 90.9 Å². The van der Waals surface area contributed by atoms with Crippen LogP contribution >= 0.6 is 0 Å². The fraction of sp³-hybridized carbons (Fsp3) is 0.0625. The van der Waals surface area contributed by atoms with Gasteiger partial charge in [-0.05, 0) is 18.6 Å². The van der Waals surface area contributed by atoms with Crippen molar-refractivity contribution in [2.75, 3.05) is 0 Å². The van der Waals surface area contributed by atoms with E-state index in [1.807, 2.05) is 0 Å². The van der Waals surface area contributed by atoms with Gasteiger partial charge >= 0.3 is 0 Å². The van der Waals surface area contributed by atoms with E-state index in [1.165, 1.54) is 12.1 Å². The molecule has 6 heteroatoms. The van der Waals surface area contributed by atoms with E-state index in [0.29, 0.717) is 11.1 Å². The molecule has 0 fully saturated rings. The third kappa shape index (κ3) is 2.87. The molecule has 0 saturated heterocycles. The molecule has 5 nitrogen and oxygen atoms in total. The zero-order valence-electron chi connectivity index (χ0n) is 11.6. The molecule has 0 unspecified atom stereocenters. The average molecular weight is 372 g/mol. The van der Waals surface area contributed by atoms with Gasteiger partial charge in [-0.25, -0.2) is 0 Å². The molecule has 109 valence electrons. The maximum atomic E-state index is 12.1. The Morgan fingerprint density at radius 3 is 2.45 bits per heavy atom. The number of hydrogen-bond acceptors (Lipinski definition) is 5. The maximum absolute atomic E-state index is 12.1. The summed E-state index contributed by atoms with van der Waals surface area (Å²) in [6.07, 6.45) is 0. The van der Waals surface area contributed by atoms with Crippen molar-refractivity contribution in [1.29, 1.82) is 0 Å². The SMILES string of the molecule is Cc1cc(-c2[c-]c(=O)c3c(O)cc(O)cc3o2)ccc1O.[Y]. The van der Waals surface area contributed by atoms with Gasteiger partial charge in [0.25, 0.3) is 0 Å². The molecule has 1 radical (unpaired) electrons. The Bertz CT molecular complexity index is 914. The molecule has 0 saturated carbocycles. The molecule has 0 amide bonds. The van der Waals surface area contributed by atoms with Crippen molar-refractivity contribution in [2.45, 2.75) is 6.92 Å². The summed E-state index contributed by atoms with van der Waals surface area (Å²) in [5.74, 6) is -0.261. The Hall–Kier alpha value is -1.85. The normalized spacial score (nSPS) is 10.4. The van der Waals surface area contributed by atoms with Crippen LogP contribution in [0.3, 0.4) is 0 Å². The summed E-state index contributed by atoms with van der Waals surface area (Å²) in [4.78, 5) is 12.1. The van der Waals surface area contributed by atoms with Crippen molar-refractivity contribution < 1.29 is 52.4 Å². The Morgan fingerprint density at radius 1 is 1.05 bits per heavy atom. The second-order valence-corrected chi connectivity index (χ2v) is 4.72. The van der Waals surface area contributed by atoms with Gasteiger partial charge in [-0.1, -0.05) is 17.7 Å². The number of fused-ring (bicyclic) bond motifs is 1. The molecule has 0 atom stereocenters. The predicted octanol–water partition coefficient (Wildman–Crippen LogP) is 2.68. The molecule has 0 aliphatic carbocycles. The minimum Gasteiger partial charge on any atom is -0.520 e. The quantitative estimate of drug-likeness (QED) is 0.572. The van der Waals surface area contributed by atoms with Gasteiger partial charge in [0.05, 0.1) is 16.8 Å². The van der Waals surface area contributed by atoms with Gasteiger partial charge < -0.3 is 24.5 Å². The van der Waals surface area contributed by atoms with E-state index < -0.39 is 5.43 Å². The van der Waals surface area contributed by atoms with E-state index in [4.69, 9.17) is 4.42 Å². The van der Waals surface area contributed by atoms with Crippen LogP contribution in [0.1, 0.15) is 5.56 Å². The minimum atomic E-state index is -0.533. The van der Waals surface area contributed by atoms with Crippen LogP contribution in [-0.2, 0) is 32.7 Å². The van der Waals surface area contributed by atoms with Crippen molar-refractivity contribution in [1.82, 2.24) is 0 Å². The summed E-state index contributed by atoms with van der Waals surface area (Å²) in [5.41, 5.74) is 0.723. The molecule has 0 spiro atoms. The van der Waals surface area contributed by atoms with Crippen molar-refractivity contribution >= 4 is 11.0 Å². The van der Waals surface area contributed by atoms with Crippen molar-refractivity contribution in [3.63, 3.8) is 0 Å². The van der Waals surface area contributed by atoms with E-state index in [0.717, 1.165) is 6.07 Å². The third-order valence-electron chi connectivity index (χ3n) is 3.19. The fourth-order valence-corrected chi connectivity index (χ4v) is 2.12. The second-order valence-electron chi connectivity index (χ2n) is 4.72. The molecule has 22 heavy (non-hydrogen) atoms. The first kappa shape index (κ1) is 16.5. The molecule has 1 aromatic heterocycles. The van der Waals surface area contributed by atoms with Crippen LogP contribution in [0.4, 0.5) is 0 Å². The zero-order chi connectivity index (χ0) is 15.1. The van der Waals surface area contributed by atoms with E-state index in [1.54, 1.807) is 19.1 Å². The fourth-order valence-electron chi connectivity index (χ4n) is 2.12. The van der Waals surface area contributed by atoms with Crippen LogP contribution in [0.5, 0.6) is 17.2 Å². The number of aromatic hydroxyl groups is 3. The molecule has 2 aromatic carbocycles. The van der Waals surface area contributed by atoms with Gasteiger partial charge in [0.2, 0.25) is 0 Å². The molecule has 1 heterocycles. The number of phenols is 3. The van der Waals surface area contributed by atoms with Gasteiger partial charge in [-0.3, -0.25) is 0 Å². The molecule has 3 N–H and O–H groups in total. The van der Waals surface area contributed by atoms with Crippen LogP contribution in [-0.4, -0.2) is 15.3 Å². The first-order valence-corrected chi connectivity index (χ1v) is 6.18. The average Bonchev–Trinajstić information content (AvgIpc) is 2.40. The van der Waals surface area contributed by atoms with Gasteiger partial charge in [-0.15, -0.1) is 6.07 Å². The first-order chi connectivity index (χ1) is 9.95. The van der Waals surface area contributed by atoms with Gasteiger partial charge in [-0.2, -0.15) is 0 Å². The maximum Gasteiger partial charge on any atom is 0.120 e. The van der Waals surface area contributed by atoms with Crippen LogP contribution in [0.15, 0.2) is 39.5 Å². The summed E-state index contributed by atoms with van der Waals surface area (Å²) in [7, 11) is 0. The Kier molecular flexibility index (Phi) is 4.59. The molecule has 0 bridgehead atoms. The monoisotopic (exact) mass is 372 g/mol. The molecule has 0 aliphatic heterocycles. The van der Waals surface area contributed by atoms with Crippen molar-refractivity contribution in [3.8, 4) is 28.6 Å². The number of phenolic OH excluding ortho intramolecular Hbond substituents is 3. The Morgan fingerprint density at radius 2 is 1.77 bits per heavy atom. The van der Waals surface area contributed by atoms with Crippen LogP contribution in [0, 0.1) is 13.0 Å². The standard InChI is InChI=1S/C16H11O5.Y/c1-8-4-9(2-3-11(8)18)14-7-13(20)16-12(19)5-10(17)6-15(16)21-14;/h2-6,17-19H,1H3;/q-1;. The van der Waals surface area contributed by atoms with Gasteiger partial charge in [0, 0.05) is 56.0 Å². The molecular weight excluding hydrogens is 361 g/mol. The van der Waals surface area contributed by atoms with Crippen LogP contribution < -0.4 is 5.43 Å². The molecule has 3 aromatic rings. The third-order valence-corrected chi connectivity index (χ3v) is 3.19. The number of aryl methyl sites for hydroxylation is 1. The van der Waals surface area contributed by atoms with Crippen LogP contribution in [0.25, 0.3) is 22.3 Å². The summed E-state index contributed by atoms with van der Waals surface area (Å²) < 4.78 is 5.53. The summed E-state index contributed by atoms with van der Waals surface area (Å²) in [6, 6.07) is 9.58. The van der Waals surface area contributed by atoms with Crippen molar-refractivity contribution in [3.05, 3.63) is 52.2 Å². The van der Waals surface area contributed by atoms with E-state index in [2.05, 4.69) is 6.07 Å². The first-order valence-electron chi connectivity index (χ1n) is 6.18. The number of rotatable bonds is 1. The van der Waals surface area contributed by atoms with Crippen LogP contribution in [0.2, 0.25) is 0 Å². The molecular formula is C16H11O5Y-. The van der Waals surface area contributed by atoms with E-state index >= 15 is 0 Å². The summed E-state index contributed by atoms with van der Waals surface area (Å²) >= 11 is 0. The second kappa shape index (κ2) is 6.11. The molecule has 0 aliphatic rings.